The number of hydrogen-bond acceptors (Lipinski definition) is 6. The molecule has 2 aromatic rings. The molecule has 6 nitrogen and oxygen atoms in total. The summed E-state index contributed by atoms with van der Waals surface area (Å²) in [6, 6.07) is 5.45. The number of thiazole rings is 1. The number of nitrogens with one attached hydrogen (secondary N) is 2. The van der Waals surface area contributed by atoms with Crippen LogP contribution in [0.5, 0.6) is 5.75 Å². The second-order valence-corrected chi connectivity index (χ2v) is 6.59. The van der Waals surface area contributed by atoms with E-state index in [1.54, 1.807) is 30.0 Å². The first-order chi connectivity index (χ1) is 10.9. The minimum Gasteiger partial charge on any atom is -0.494 e. The predicted octanol–water partition coefficient (Wildman–Crippen LogP) is 4.11. The first-order valence-corrected chi connectivity index (χ1v) is 8.10. The Balaban J connectivity index is 2.02. The number of nitrogens with zero attached hydrogens (tertiary/aromatic N) is 1. The molecule has 1 amide bonds. The van der Waals surface area contributed by atoms with Gasteiger partial charge in [0.25, 0.3) is 0 Å². The number of ether oxygens (including phenoxy) is 2. The number of anilines is 2. The molecule has 7 heteroatoms. The number of rotatable bonds is 5. The van der Waals surface area contributed by atoms with E-state index in [2.05, 4.69) is 15.6 Å². The van der Waals surface area contributed by atoms with Gasteiger partial charge in [0.2, 0.25) is 0 Å². The molecular weight excluding hydrogens is 314 g/mol. The quantitative estimate of drug-likeness (QED) is 0.860. The zero-order valence-electron chi connectivity index (χ0n) is 13.7. The van der Waals surface area contributed by atoms with Crippen LogP contribution in [0.1, 0.15) is 26.5 Å². The third kappa shape index (κ3) is 5.45. The van der Waals surface area contributed by atoms with E-state index in [1.165, 1.54) is 0 Å². The molecule has 1 aromatic carbocycles. The van der Waals surface area contributed by atoms with Crippen molar-refractivity contribution in [3.8, 4) is 5.75 Å². The predicted molar refractivity (Wildman–Crippen MR) is 92.3 cm³/mol. The second kappa shape index (κ2) is 7.32. The molecule has 0 spiro atoms. The van der Waals surface area contributed by atoms with Crippen molar-refractivity contribution < 1.29 is 14.3 Å². The minimum atomic E-state index is -0.549. The van der Waals surface area contributed by atoms with Gasteiger partial charge in [0.05, 0.1) is 30.5 Å². The Morgan fingerprint density at radius 3 is 2.74 bits per heavy atom. The maximum atomic E-state index is 11.9. The van der Waals surface area contributed by atoms with Crippen LogP contribution in [0.25, 0.3) is 0 Å². The molecule has 0 saturated heterocycles. The van der Waals surface area contributed by atoms with E-state index in [0.29, 0.717) is 18.0 Å². The standard InChI is InChI=1S/C16H21N3O3S/c1-16(2,3)22-15(20)19-13-6-5-11(7-14(13)21-4)17-8-12-9-23-10-18-12/h5-7,9-10,17H,8H2,1-4H3,(H,19,20). The Hall–Kier alpha value is -2.28. The molecule has 0 aliphatic heterocycles. The van der Waals surface area contributed by atoms with Gasteiger partial charge in [0.1, 0.15) is 11.4 Å². The van der Waals surface area contributed by atoms with Crippen molar-refractivity contribution in [3.63, 3.8) is 0 Å². The Kier molecular flexibility index (Phi) is 5.44. The molecule has 0 fully saturated rings. The lowest BCUT2D eigenvalue weighted by Gasteiger charge is -2.20. The van der Waals surface area contributed by atoms with Crippen LogP contribution in [-0.2, 0) is 11.3 Å². The van der Waals surface area contributed by atoms with E-state index in [4.69, 9.17) is 9.47 Å². The van der Waals surface area contributed by atoms with E-state index >= 15 is 0 Å². The summed E-state index contributed by atoms with van der Waals surface area (Å²) < 4.78 is 10.6. The van der Waals surface area contributed by atoms with Gasteiger partial charge in [0.15, 0.2) is 0 Å². The highest BCUT2D eigenvalue weighted by Gasteiger charge is 2.17. The molecule has 1 heterocycles. The van der Waals surface area contributed by atoms with Gasteiger partial charge in [-0.2, -0.15) is 0 Å². The van der Waals surface area contributed by atoms with Crippen LogP contribution in [-0.4, -0.2) is 23.8 Å². The Bertz CT molecular complexity index is 651. The summed E-state index contributed by atoms with van der Waals surface area (Å²) in [5.74, 6) is 0.555. The zero-order chi connectivity index (χ0) is 16.9. The highest BCUT2D eigenvalue weighted by Crippen LogP contribution is 2.28. The number of hydrogen-bond donors (Lipinski definition) is 2. The molecule has 23 heavy (non-hydrogen) atoms. The molecule has 0 bridgehead atoms. The van der Waals surface area contributed by atoms with Gasteiger partial charge < -0.3 is 14.8 Å². The number of carbonyl (C=O) groups excluding carboxylic acids is 1. The van der Waals surface area contributed by atoms with Crippen molar-refractivity contribution in [1.82, 2.24) is 4.98 Å². The van der Waals surface area contributed by atoms with Gasteiger partial charge in [-0.25, -0.2) is 9.78 Å². The third-order valence-electron chi connectivity index (χ3n) is 2.79. The lowest BCUT2D eigenvalue weighted by Crippen LogP contribution is -2.27. The largest absolute Gasteiger partial charge is 0.494 e. The summed E-state index contributed by atoms with van der Waals surface area (Å²) in [6.45, 7) is 6.07. The Morgan fingerprint density at radius 2 is 2.13 bits per heavy atom. The maximum Gasteiger partial charge on any atom is 0.412 e. The summed E-state index contributed by atoms with van der Waals surface area (Å²) in [5, 5.41) is 7.94. The topological polar surface area (TPSA) is 72.5 Å². The maximum absolute atomic E-state index is 11.9. The van der Waals surface area contributed by atoms with E-state index < -0.39 is 11.7 Å². The monoisotopic (exact) mass is 335 g/mol. The average Bonchev–Trinajstić information content (AvgIpc) is 2.97. The van der Waals surface area contributed by atoms with Gasteiger partial charge in [-0.1, -0.05) is 0 Å². The fraction of sp³-hybridized carbons (Fsp3) is 0.375. The molecule has 1 aromatic heterocycles. The van der Waals surface area contributed by atoms with Crippen molar-refractivity contribution in [2.24, 2.45) is 0 Å². The van der Waals surface area contributed by atoms with Crippen molar-refractivity contribution in [1.29, 1.82) is 0 Å². The van der Waals surface area contributed by atoms with Crippen molar-refractivity contribution >= 4 is 28.8 Å². The van der Waals surface area contributed by atoms with Crippen molar-refractivity contribution in [2.45, 2.75) is 32.9 Å². The summed E-state index contributed by atoms with van der Waals surface area (Å²) in [6.07, 6.45) is -0.515. The van der Waals surface area contributed by atoms with Crippen LogP contribution in [0.3, 0.4) is 0 Å². The number of methoxy groups -OCH3 is 1. The summed E-state index contributed by atoms with van der Waals surface area (Å²) in [5.41, 5.74) is 3.66. The van der Waals surface area contributed by atoms with Gasteiger partial charge in [-0.15, -0.1) is 11.3 Å². The zero-order valence-corrected chi connectivity index (χ0v) is 14.5. The summed E-state index contributed by atoms with van der Waals surface area (Å²) in [7, 11) is 1.56. The van der Waals surface area contributed by atoms with Crippen LogP contribution in [0.4, 0.5) is 16.2 Å². The SMILES string of the molecule is COc1cc(NCc2cscn2)ccc1NC(=O)OC(C)(C)C. The molecule has 0 aliphatic carbocycles. The smallest absolute Gasteiger partial charge is 0.412 e. The molecular formula is C16H21N3O3S. The Labute approximate surface area is 139 Å². The fourth-order valence-electron chi connectivity index (χ4n) is 1.84. The van der Waals surface area contributed by atoms with E-state index in [1.807, 2.05) is 38.3 Å². The molecule has 124 valence electrons. The minimum absolute atomic E-state index is 0.515. The van der Waals surface area contributed by atoms with Crippen LogP contribution in [0.15, 0.2) is 29.1 Å². The van der Waals surface area contributed by atoms with Gasteiger partial charge in [-0.3, -0.25) is 5.32 Å². The van der Waals surface area contributed by atoms with Crippen LogP contribution in [0, 0.1) is 0 Å². The van der Waals surface area contributed by atoms with Crippen LogP contribution in [0.2, 0.25) is 0 Å². The molecule has 0 aliphatic rings. The number of aromatic nitrogens is 1. The molecule has 0 radical (unpaired) electrons. The fourth-order valence-corrected chi connectivity index (χ4v) is 2.39. The number of benzene rings is 1. The summed E-state index contributed by atoms with van der Waals surface area (Å²) >= 11 is 1.56. The van der Waals surface area contributed by atoms with Gasteiger partial charge >= 0.3 is 6.09 Å². The molecule has 0 unspecified atom stereocenters. The highest BCUT2D eigenvalue weighted by atomic mass is 32.1. The molecule has 2 N–H and O–H groups in total. The second-order valence-electron chi connectivity index (χ2n) is 5.88. The Morgan fingerprint density at radius 1 is 1.35 bits per heavy atom. The average molecular weight is 335 g/mol. The summed E-state index contributed by atoms with van der Waals surface area (Å²) in [4.78, 5) is 16.1. The van der Waals surface area contributed by atoms with E-state index in [0.717, 1.165) is 11.4 Å². The third-order valence-corrected chi connectivity index (χ3v) is 3.43. The molecule has 0 atom stereocenters. The van der Waals surface area contributed by atoms with E-state index in [-0.39, 0.29) is 0 Å². The van der Waals surface area contributed by atoms with Crippen molar-refractivity contribution in [2.75, 3.05) is 17.7 Å². The normalized spacial score (nSPS) is 11.0. The molecule has 2 rings (SSSR count). The lowest BCUT2D eigenvalue weighted by atomic mass is 10.2. The lowest BCUT2D eigenvalue weighted by molar-refractivity contribution is 0.0635. The van der Waals surface area contributed by atoms with Crippen LogP contribution < -0.4 is 15.4 Å². The van der Waals surface area contributed by atoms with Crippen LogP contribution >= 0.6 is 11.3 Å². The first-order valence-electron chi connectivity index (χ1n) is 7.16. The molecule has 0 saturated carbocycles. The van der Waals surface area contributed by atoms with E-state index in [9.17, 15) is 4.79 Å². The van der Waals surface area contributed by atoms with Gasteiger partial charge in [-0.05, 0) is 32.9 Å². The highest BCUT2D eigenvalue weighted by molar-refractivity contribution is 7.07. The first kappa shape index (κ1) is 17.1. The number of carbonyl (C=O) groups is 1. The van der Waals surface area contributed by atoms with Crippen molar-refractivity contribution in [3.05, 3.63) is 34.8 Å². The van der Waals surface area contributed by atoms with Gasteiger partial charge in [0, 0.05) is 17.1 Å². The number of amides is 1.